The Hall–Kier alpha value is -1.31. The van der Waals surface area contributed by atoms with Gasteiger partial charge in [0.2, 0.25) is 15.9 Å². The molecule has 1 aromatic rings. The van der Waals surface area contributed by atoms with Gasteiger partial charge in [0.05, 0.1) is 10.7 Å². The number of sulfonamides is 1. The van der Waals surface area contributed by atoms with Crippen LogP contribution in [0.15, 0.2) is 23.1 Å². The molecule has 0 bridgehead atoms. The van der Waals surface area contributed by atoms with E-state index in [9.17, 15) is 13.2 Å². The molecular formula is C10H12ClN3O3S. The van der Waals surface area contributed by atoms with Crippen LogP contribution in [0, 0.1) is 0 Å². The summed E-state index contributed by atoms with van der Waals surface area (Å²) in [6.07, 6.45) is 0.115. The van der Waals surface area contributed by atoms with Crippen molar-refractivity contribution in [3.8, 4) is 0 Å². The van der Waals surface area contributed by atoms with Gasteiger partial charge in [0.1, 0.15) is 4.90 Å². The van der Waals surface area contributed by atoms with E-state index in [1.807, 2.05) is 0 Å². The number of nitrogen functional groups attached to an aromatic ring is 1. The lowest BCUT2D eigenvalue weighted by Gasteiger charge is -2.13. The van der Waals surface area contributed by atoms with Gasteiger partial charge in [-0.3, -0.25) is 4.79 Å². The fraction of sp³-hybridized carbons (Fsp3) is 0.300. The number of nitrogens with one attached hydrogen (secondary N) is 2. The van der Waals surface area contributed by atoms with Crippen molar-refractivity contribution in [2.45, 2.75) is 17.4 Å². The topological polar surface area (TPSA) is 101 Å². The standard InChI is InChI=1S/C10H12ClN3O3S/c11-7-2-1-3-8(12)10(7)18(16,17)14-6-4-9(15)13-5-6/h1-3,6,14H,4-5,12H2,(H,13,15). The summed E-state index contributed by atoms with van der Waals surface area (Å²) in [5.41, 5.74) is 5.70. The molecule has 1 amide bonds. The number of amides is 1. The summed E-state index contributed by atoms with van der Waals surface area (Å²) >= 11 is 5.85. The van der Waals surface area contributed by atoms with Crippen molar-refractivity contribution < 1.29 is 13.2 Å². The van der Waals surface area contributed by atoms with Crippen LogP contribution < -0.4 is 15.8 Å². The van der Waals surface area contributed by atoms with Gasteiger partial charge in [0, 0.05) is 19.0 Å². The Kier molecular flexibility index (Phi) is 3.47. The molecule has 4 N–H and O–H groups in total. The van der Waals surface area contributed by atoms with Crippen molar-refractivity contribution in [2.75, 3.05) is 12.3 Å². The number of rotatable bonds is 3. The van der Waals surface area contributed by atoms with Gasteiger partial charge in [-0.05, 0) is 12.1 Å². The molecule has 1 heterocycles. The van der Waals surface area contributed by atoms with E-state index in [2.05, 4.69) is 10.0 Å². The third-order valence-electron chi connectivity index (χ3n) is 2.57. The van der Waals surface area contributed by atoms with Gasteiger partial charge < -0.3 is 11.1 Å². The largest absolute Gasteiger partial charge is 0.398 e. The highest BCUT2D eigenvalue weighted by molar-refractivity contribution is 7.89. The zero-order valence-electron chi connectivity index (χ0n) is 9.31. The third kappa shape index (κ3) is 2.58. The average molecular weight is 290 g/mol. The summed E-state index contributed by atoms with van der Waals surface area (Å²) in [4.78, 5) is 10.9. The quantitative estimate of drug-likeness (QED) is 0.686. The summed E-state index contributed by atoms with van der Waals surface area (Å²) in [7, 11) is -3.83. The highest BCUT2D eigenvalue weighted by Gasteiger charge is 2.29. The normalized spacial score (nSPS) is 19.8. The minimum absolute atomic E-state index is 0.0554. The van der Waals surface area contributed by atoms with E-state index in [1.54, 1.807) is 6.07 Å². The second-order valence-corrected chi connectivity index (χ2v) is 6.04. The maximum Gasteiger partial charge on any atom is 0.244 e. The maximum atomic E-state index is 12.1. The van der Waals surface area contributed by atoms with Crippen LogP contribution in [0.4, 0.5) is 5.69 Å². The molecule has 0 saturated carbocycles. The summed E-state index contributed by atoms with van der Waals surface area (Å²) in [6, 6.07) is 4.00. The molecular weight excluding hydrogens is 278 g/mol. The smallest absolute Gasteiger partial charge is 0.244 e. The van der Waals surface area contributed by atoms with Crippen molar-refractivity contribution >= 4 is 33.2 Å². The first-order chi connectivity index (χ1) is 8.40. The third-order valence-corrected chi connectivity index (χ3v) is 4.63. The fourth-order valence-corrected chi connectivity index (χ4v) is 3.69. The van der Waals surface area contributed by atoms with E-state index in [-0.39, 0.29) is 34.5 Å². The van der Waals surface area contributed by atoms with Gasteiger partial charge in [-0.1, -0.05) is 17.7 Å². The highest BCUT2D eigenvalue weighted by Crippen LogP contribution is 2.27. The van der Waals surface area contributed by atoms with E-state index in [1.165, 1.54) is 12.1 Å². The number of nitrogens with two attached hydrogens (primary N) is 1. The van der Waals surface area contributed by atoms with E-state index in [0.717, 1.165) is 0 Å². The number of halogens is 1. The van der Waals surface area contributed by atoms with E-state index in [0.29, 0.717) is 0 Å². The predicted octanol–water partition coefficient (Wildman–Crippen LogP) is 0.0890. The Morgan fingerprint density at radius 3 is 2.72 bits per heavy atom. The molecule has 0 radical (unpaired) electrons. The Labute approximate surface area is 110 Å². The second kappa shape index (κ2) is 4.75. The van der Waals surface area contributed by atoms with E-state index in [4.69, 9.17) is 17.3 Å². The highest BCUT2D eigenvalue weighted by atomic mass is 35.5. The molecule has 0 aliphatic carbocycles. The van der Waals surface area contributed by atoms with E-state index < -0.39 is 16.1 Å². The van der Waals surface area contributed by atoms with Crippen LogP contribution in [0.25, 0.3) is 0 Å². The minimum atomic E-state index is -3.83. The SMILES string of the molecule is Nc1cccc(Cl)c1S(=O)(=O)NC1CNC(=O)C1. The number of carbonyl (C=O) groups excluding carboxylic acids is 1. The monoisotopic (exact) mass is 289 g/mol. The lowest BCUT2D eigenvalue weighted by molar-refractivity contribution is -0.119. The van der Waals surface area contributed by atoms with Crippen molar-refractivity contribution in [2.24, 2.45) is 0 Å². The molecule has 1 saturated heterocycles. The summed E-state index contributed by atoms with van der Waals surface area (Å²) in [5.74, 6) is -0.185. The zero-order valence-corrected chi connectivity index (χ0v) is 10.9. The van der Waals surface area contributed by atoms with Crippen LogP contribution in [0.2, 0.25) is 5.02 Å². The second-order valence-electron chi connectivity index (χ2n) is 3.98. The van der Waals surface area contributed by atoms with Crippen LogP contribution >= 0.6 is 11.6 Å². The first-order valence-electron chi connectivity index (χ1n) is 5.23. The Balaban J connectivity index is 2.28. The van der Waals surface area contributed by atoms with Gasteiger partial charge in [-0.15, -0.1) is 0 Å². The molecule has 1 fully saturated rings. The van der Waals surface area contributed by atoms with E-state index >= 15 is 0 Å². The van der Waals surface area contributed by atoms with Crippen LogP contribution in [0.1, 0.15) is 6.42 Å². The van der Waals surface area contributed by atoms with Crippen molar-refractivity contribution in [3.63, 3.8) is 0 Å². The number of anilines is 1. The van der Waals surface area contributed by atoms with Gasteiger partial charge >= 0.3 is 0 Å². The van der Waals surface area contributed by atoms with Crippen LogP contribution in [0.5, 0.6) is 0 Å². The number of benzene rings is 1. The Morgan fingerprint density at radius 1 is 1.44 bits per heavy atom. The van der Waals surface area contributed by atoms with Gasteiger partial charge in [0.25, 0.3) is 0 Å². The molecule has 1 aliphatic rings. The summed E-state index contributed by atoms with van der Waals surface area (Å²) < 4.78 is 26.7. The first kappa shape index (κ1) is 13.1. The van der Waals surface area contributed by atoms with Crippen molar-refractivity contribution in [1.29, 1.82) is 0 Å². The lowest BCUT2D eigenvalue weighted by atomic mass is 10.3. The average Bonchev–Trinajstić information content (AvgIpc) is 2.62. The fourth-order valence-electron chi connectivity index (χ4n) is 1.78. The Bertz CT molecular complexity index is 568. The number of carbonyl (C=O) groups is 1. The van der Waals surface area contributed by atoms with Crippen molar-refractivity contribution in [3.05, 3.63) is 23.2 Å². The molecule has 1 atom stereocenters. The molecule has 0 spiro atoms. The number of hydrogen-bond donors (Lipinski definition) is 3. The molecule has 8 heteroatoms. The van der Waals surface area contributed by atoms with Gasteiger partial charge in [-0.2, -0.15) is 0 Å². The van der Waals surface area contributed by atoms with Gasteiger partial charge in [-0.25, -0.2) is 13.1 Å². The van der Waals surface area contributed by atoms with Crippen LogP contribution in [-0.2, 0) is 14.8 Å². The first-order valence-corrected chi connectivity index (χ1v) is 7.09. The lowest BCUT2D eigenvalue weighted by Crippen LogP contribution is -2.36. The van der Waals surface area contributed by atoms with Crippen LogP contribution in [-0.4, -0.2) is 26.9 Å². The zero-order chi connectivity index (χ0) is 13.3. The minimum Gasteiger partial charge on any atom is -0.398 e. The summed E-state index contributed by atoms with van der Waals surface area (Å²) in [5, 5.41) is 2.60. The van der Waals surface area contributed by atoms with Crippen molar-refractivity contribution in [1.82, 2.24) is 10.0 Å². The molecule has 2 rings (SSSR count). The molecule has 6 nitrogen and oxygen atoms in total. The summed E-state index contributed by atoms with van der Waals surface area (Å²) in [6.45, 7) is 0.266. The molecule has 0 aromatic heterocycles. The molecule has 98 valence electrons. The molecule has 18 heavy (non-hydrogen) atoms. The number of hydrogen-bond acceptors (Lipinski definition) is 4. The molecule has 1 unspecified atom stereocenters. The van der Waals surface area contributed by atoms with Gasteiger partial charge in [0.15, 0.2) is 0 Å². The Morgan fingerprint density at radius 2 is 2.17 bits per heavy atom. The maximum absolute atomic E-state index is 12.1. The van der Waals surface area contributed by atoms with Crippen LogP contribution in [0.3, 0.4) is 0 Å². The molecule has 1 aromatic carbocycles. The molecule has 1 aliphatic heterocycles. The predicted molar refractivity (Wildman–Crippen MR) is 67.6 cm³/mol.